The molecule has 0 heterocycles. The molecule has 0 spiro atoms. The highest BCUT2D eigenvalue weighted by molar-refractivity contribution is 5.91. The number of rotatable bonds is 31. The predicted octanol–water partition coefficient (Wildman–Crippen LogP) is 12.2. The number of hydrogen-bond acceptors (Lipinski definition) is 13. The molecule has 0 bridgehead atoms. The minimum absolute atomic E-state index is 0.0232. The summed E-state index contributed by atoms with van der Waals surface area (Å²) in [6, 6.07) is 58.0. The van der Waals surface area contributed by atoms with Crippen molar-refractivity contribution in [3.8, 4) is 28.4 Å². The molecule has 0 fully saturated rings. The third kappa shape index (κ3) is 21.1. The number of aliphatic hydroxyl groups is 1. The molecule has 0 aliphatic rings. The Morgan fingerprint density at radius 2 is 0.784 bits per heavy atom. The van der Waals surface area contributed by atoms with Gasteiger partial charge in [0.25, 0.3) is 0 Å². The Morgan fingerprint density at radius 1 is 0.392 bits per heavy atom. The molecule has 97 heavy (non-hydrogen) atoms. The molecule has 9 aromatic carbocycles. The Morgan fingerprint density at radius 3 is 1.25 bits per heavy atom. The summed E-state index contributed by atoms with van der Waals surface area (Å²) in [7, 11) is 0. The van der Waals surface area contributed by atoms with Gasteiger partial charge in [0.05, 0.1) is 6.10 Å². The number of aliphatic hydroxyl groups excluding tert-OH is 1. The van der Waals surface area contributed by atoms with Crippen molar-refractivity contribution in [3.63, 3.8) is 0 Å². The summed E-state index contributed by atoms with van der Waals surface area (Å²) in [6.45, 7) is -0.784. The molecule has 0 unspecified atom stereocenters. The van der Waals surface area contributed by atoms with Crippen LogP contribution < -0.4 is 35.5 Å². The minimum Gasteiger partial charge on any atom is -0.489 e. The molecular weight excluding hydrogens is 1260 g/mol. The number of nitrogens with one attached hydrogen (secondary N) is 4. The quantitative estimate of drug-likeness (QED) is 0.00681. The van der Waals surface area contributed by atoms with E-state index in [0.29, 0.717) is 38.9 Å². The Kier molecular flexibility index (Phi) is 25.4. The van der Waals surface area contributed by atoms with Crippen LogP contribution in [0.25, 0.3) is 11.1 Å². The smallest absolute Gasteiger partial charge is 0.408 e. The van der Waals surface area contributed by atoms with Gasteiger partial charge in [-0.25, -0.2) is 32.3 Å². The van der Waals surface area contributed by atoms with Crippen molar-refractivity contribution in [2.75, 3.05) is 6.54 Å². The zero-order valence-electron chi connectivity index (χ0n) is 52.1. The Hall–Kier alpha value is -11.4. The number of esters is 2. The molecule has 0 aliphatic heterocycles. The van der Waals surface area contributed by atoms with Gasteiger partial charge in [-0.05, 0) is 86.3 Å². The summed E-state index contributed by atoms with van der Waals surface area (Å²) in [5.74, 6) is -17.8. The highest BCUT2D eigenvalue weighted by Gasteiger charge is 2.34. The molecule has 0 radical (unpaired) electrons. The largest absolute Gasteiger partial charge is 0.489 e. The molecule has 0 aromatic heterocycles. The normalized spacial score (nSPS) is 12.1. The number of hydrogen-bond donors (Lipinski definition) is 5. The van der Waals surface area contributed by atoms with Gasteiger partial charge in [0.1, 0.15) is 62.7 Å². The summed E-state index contributed by atoms with van der Waals surface area (Å²) in [5.41, 5.74) is 5.29. The molecule has 9 rings (SSSR count). The van der Waals surface area contributed by atoms with Gasteiger partial charge in [-0.3, -0.25) is 9.59 Å². The minimum atomic E-state index is -2.50. The average Bonchev–Trinajstić information content (AvgIpc) is 0.863. The van der Waals surface area contributed by atoms with Gasteiger partial charge in [-0.1, -0.05) is 194 Å². The van der Waals surface area contributed by atoms with E-state index in [4.69, 9.17) is 28.4 Å². The molecule has 4 amide bonds. The van der Waals surface area contributed by atoms with E-state index in [2.05, 4.69) is 21.3 Å². The third-order valence-electron chi connectivity index (χ3n) is 15.1. The van der Waals surface area contributed by atoms with Crippen molar-refractivity contribution < 1.29 is 84.2 Å². The Labute approximate surface area is 555 Å². The number of carbonyl (C=O) groups is 6. The van der Waals surface area contributed by atoms with Crippen molar-refractivity contribution in [1.29, 1.82) is 0 Å². The molecule has 500 valence electrons. The number of carbonyl (C=O) groups excluding carboxylic acids is 6. The number of ether oxygens (including phenoxy) is 6. The first kappa shape index (κ1) is 69.9. The van der Waals surface area contributed by atoms with Crippen LogP contribution in [0.5, 0.6) is 17.2 Å². The topological polar surface area (TPSA) is 226 Å². The summed E-state index contributed by atoms with van der Waals surface area (Å²) in [6.07, 6.45) is -4.81. The second-order valence-electron chi connectivity index (χ2n) is 22.3. The number of amides is 4. The highest BCUT2D eigenvalue weighted by atomic mass is 19.2. The summed E-state index contributed by atoms with van der Waals surface area (Å²) < 4.78 is 108. The fourth-order valence-corrected chi connectivity index (χ4v) is 9.97. The lowest BCUT2D eigenvalue weighted by Crippen LogP contribution is -2.53. The van der Waals surface area contributed by atoms with Crippen LogP contribution in [0.4, 0.5) is 31.5 Å². The number of benzene rings is 9. The van der Waals surface area contributed by atoms with Crippen LogP contribution in [-0.2, 0) is 85.7 Å². The van der Waals surface area contributed by atoms with Gasteiger partial charge in [0.15, 0.2) is 0 Å². The molecule has 22 heteroatoms. The second-order valence-corrected chi connectivity index (χ2v) is 22.3. The lowest BCUT2D eigenvalue weighted by molar-refractivity contribution is -0.149. The zero-order valence-corrected chi connectivity index (χ0v) is 52.1. The van der Waals surface area contributed by atoms with Gasteiger partial charge in [0, 0.05) is 32.2 Å². The fraction of sp³-hybridized carbons (Fsp3) is 0.200. The van der Waals surface area contributed by atoms with Gasteiger partial charge in [-0.15, -0.1) is 0 Å². The van der Waals surface area contributed by atoms with E-state index in [0.717, 1.165) is 11.1 Å². The van der Waals surface area contributed by atoms with Crippen LogP contribution in [0, 0.1) is 29.1 Å². The summed E-state index contributed by atoms with van der Waals surface area (Å²) in [4.78, 5) is 83.8. The SMILES string of the molecule is O=C(CC[C@@H](O)CNC(=O)OCc1ccccc1)N[C@@H](Cc1cc(-c2ccc(OCc3ccccc3)c(C[C@H](NC(=O)OCc3ccccc3)C(=O)Oc3c(F)c(F)c(F)c(F)c3F)c2)ccc1OCc1ccccc1)C(=O)N[C@@H](Cc1ccccc1)C(=O)OCc1ccccc1. The van der Waals surface area contributed by atoms with Crippen LogP contribution in [0.2, 0.25) is 0 Å². The molecule has 9 aromatic rings. The van der Waals surface area contributed by atoms with E-state index < -0.39 is 101 Å². The van der Waals surface area contributed by atoms with E-state index in [-0.39, 0.29) is 82.3 Å². The van der Waals surface area contributed by atoms with Crippen molar-refractivity contribution in [1.82, 2.24) is 21.3 Å². The van der Waals surface area contributed by atoms with Crippen LogP contribution in [0.1, 0.15) is 57.3 Å². The van der Waals surface area contributed by atoms with Crippen molar-refractivity contribution in [2.24, 2.45) is 0 Å². The van der Waals surface area contributed by atoms with E-state index >= 15 is 13.6 Å². The average molecular weight is 1330 g/mol. The first-order chi connectivity index (χ1) is 47.0. The fourth-order valence-electron chi connectivity index (χ4n) is 9.97. The number of halogens is 5. The highest BCUT2D eigenvalue weighted by Crippen LogP contribution is 2.34. The molecular formula is C75H67F5N4O13. The maximum Gasteiger partial charge on any atom is 0.408 e. The van der Waals surface area contributed by atoms with Crippen LogP contribution in [0.15, 0.2) is 218 Å². The third-order valence-corrected chi connectivity index (χ3v) is 15.1. The van der Waals surface area contributed by atoms with E-state index in [9.17, 15) is 42.3 Å². The van der Waals surface area contributed by atoms with Crippen molar-refractivity contribution >= 4 is 35.9 Å². The van der Waals surface area contributed by atoms with E-state index in [1.165, 1.54) is 6.07 Å². The second kappa shape index (κ2) is 35.2. The van der Waals surface area contributed by atoms with Crippen molar-refractivity contribution in [2.45, 2.75) is 89.4 Å². The molecule has 0 saturated heterocycles. The summed E-state index contributed by atoms with van der Waals surface area (Å²) >= 11 is 0. The summed E-state index contributed by atoms with van der Waals surface area (Å²) in [5, 5.41) is 21.4. The number of alkyl carbamates (subject to hydrolysis) is 2. The standard InChI is InChI=1S/C75H67F5N4O13/c76-65-66(77)68(79)70(69(80)67(65)78)97-73(89)61(84-75(91)96-47-53-29-17-6-18-30-53)41-57-39-55(32-35-63(57)93-44-50-23-11-3-12-24-50)54-31-34-62(92-43-49-21-9-2-10-22-49)56(38-54)40-59(82-64(86)36-33-58(85)42-81-74(90)95-46-52-27-15-5-16-28-52)71(87)83-60(37-48-19-7-1-8-20-48)72(88)94-45-51-25-13-4-14-26-51/h1-32,34-35,38-39,58-61,85H,33,36-37,40-47H2,(H,81,90)(H,82,86)(H,83,87)(H,84,91)/t58-,59+,60+,61+/m1/s1. The Bertz CT molecular complexity index is 4080. The van der Waals surface area contributed by atoms with Crippen molar-refractivity contribution in [3.05, 3.63) is 292 Å². The van der Waals surface area contributed by atoms with Gasteiger partial charge < -0.3 is 54.8 Å². The lowest BCUT2D eigenvalue weighted by Gasteiger charge is -2.24. The maximum absolute atomic E-state index is 15.2. The predicted molar refractivity (Wildman–Crippen MR) is 346 cm³/mol. The molecule has 4 atom stereocenters. The van der Waals surface area contributed by atoms with Crippen LogP contribution in [0.3, 0.4) is 0 Å². The monoisotopic (exact) mass is 1330 g/mol. The first-order valence-electron chi connectivity index (χ1n) is 30.8. The molecule has 0 saturated carbocycles. The molecule has 5 N–H and O–H groups in total. The molecule has 0 aliphatic carbocycles. The van der Waals surface area contributed by atoms with Gasteiger partial charge >= 0.3 is 24.1 Å². The van der Waals surface area contributed by atoms with Crippen LogP contribution >= 0.6 is 0 Å². The lowest BCUT2D eigenvalue weighted by atomic mass is 9.95. The van der Waals surface area contributed by atoms with Gasteiger partial charge in [0.2, 0.25) is 46.6 Å². The van der Waals surface area contributed by atoms with E-state index in [1.54, 1.807) is 176 Å². The maximum atomic E-state index is 15.2. The van der Waals surface area contributed by atoms with Gasteiger partial charge in [-0.2, -0.15) is 8.78 Å². The van der Waals surface area contributed by atoms with E-state index in [1.807, 2.05) is 36.4 Å². The van der Waals surface area contributed by atoms with Crippen LogP contribution in [-0.4, -0.2) is 71.8 Å². The molecule has 17 nitrogen and oxygen atoms in total. The first-order valence-corrected chi connectivity index (χ1v) is 30.8. The Balaban J connectivity index is 1.06. The zero-order chi connectivity index (χ0) is 68.5.